The lowest BCUT2D eigenvalue weighted by Gasteiger charge is -2.38. The van der Waals surface area contributed by atoms with Crippen molar-refractivity contribution in [3.8, 4) is 17.0 Å². The predicted octanol–water partition coefficient (Wildman–Crippen LogP) is 4.53. The number of rotatable bonds is 3. The Hall–Kier alpha value is -3.96. The van der Waals surface area contributed by atoms with Crippen molar-refractivity contribution in [1.82, 2.24) is 19.7 Å². The molecule has 0 radical (unpaired) electrons. The molecule has 188 valence electrons. The highest BCUT2D eigenvalue weighted by Gasteiger charge is 2.38. The van der Waals surface area contributed by atoms with E-state index in [2.05, 4.69) is 32.1 Å². The quantitative estimate of drug-likeness (QED) is 0.414. The molecule has 1 atom stereocenters. The fourth-order valence-electron chi connectivity index (χ4n) is 4.61. The number of hydrogen-bond acceptors (Lipinski definition) is 6. The van der Waals surface area contributed by atoms with Crippen molar-refractivity contribution in [3.05, 3.63) is 59.3 Å². The molecular weight excluding hydrogens is 483 g/mol. The highest BCUT2D eigenvalue weighted by Crippen LogP contribution is 2.41. The molecule has 2 aromatic heterocycles. The number of anilines is 2. The van der Waals surface area contributed by atoms with Crippen molar-refractivity contribution < 1.29 is 27.1 Å². The maximum Gasteiger partial charge on any atom is 0.419 e. The summed E-state index contributed by atoms with van der Waals surface area (Å²) in [6.07, 6.45) is -3.05. The van der Waals surface area contributed by atoms with Gasteiger partial charge in [-0.3, -0.25) is 0 Å². The van der Waals surface area contributed by atoms with Crippen molar-refractivity contribution >= 4 is 22.7 Å². The number of likely N-dealkylation sites (N-methyl/N-ethyl adjacent to an activating group) is 2. The fraction of sp³-hybridized carbons (Fsp3) is 0.292. The lowest BCUT2D eigenvalue weighted by molar-refractivity contribution is -0.140. The summed E-state index contributed by atoms with van der Waals surface area (Å²) in [5, 5.41) is 14.0. The molecule has 1 aliphatic rings. The zero-order chi connectivity index (χ0) is 25.9. The van der Waals surface area contributed by atoms with Crippen LogP contribution in [-0.4, -0.2) is 51.5 Å². The molecule has 3 heterocycles. The third-order valence-electron chi connectivity index (χ3n) is 6.51. The standard InChI is InChI=1S/C24H21F5N6O/c1-33-11-13(8-12-6-4-5-7-17(12)33)34(2)23-30-10-15-20(32-35(3)22(15)31-23)14-9-16(24(27,28)29)19(26)21(36)18(14)25/h4-7,9-10,13,36H,8,11H2,1-3H3. The van der Waals surface area contributed by atoms with Crippen LogP contribution in [0.5, 0.6) is 5.75 Å². The highest BCUT2D eigenvalue weighted by molar-refractivity contribution is 5.91. The zero-order valence-corrected chi connectivity index (χ0v) is 19.5. The smallest absolute Gasteiger partial charge is 0.419 e. The van der Waals surface area contributed by atoms with Crippen LogP contribution in [0.3, 0.4) is 0 Å². The summed E-state index contributed by atoms with van der Waals surface area (Å²) in [5.41, 5.74) is -0.178. The summed E-state index contributed by atoms with van der Waals surface area (Å²) < 4.78 is 69.8. The Kier molecular flexibility index (Phi) is 5.49. The third-order valence-corrected chi connectivity index (χ3v) is 6.51. The Balaban J connectivity index is 1.55. The molecule has 1 N–H and O–H groups in total. The van der Waals surface area contributed by atoms with Crippen LogP contribution in [0.15, 0.2) is 36.5 Å². The SMILES string of the molecule is CN1CC(N(C)c2ncc3c(-c4cc(C(F)(F)F)c(F)c(O)c4F)nn(C)c3n2)Cc2ccccc21. The van der Waals surface area contributed by atoms with Crippen molar-refractivity contribution in [2.45, 2.75) is 18.6 Å². The van der Waals surface area contributed by atoms with Gasteiger partial charge in [0.25, 0.3) is 0 Å². The molecule has 7 nitrogen and oxygen atoms in total. The molecule has 0 saturated carbocycles. The monoisotopic (exact) mass is 504 g/mol. The number of phenolic OH excluding ortho intramolecular Hbond substituents is 1. The van der Waals surface area contributed by atoms with Crippen LogP contribution in [0.25, 0.3) is 22.3 Å². The average molecular weight is 504 g/mol. The van der Waals surface area contributed by atoms with Crippen LogP contribution in [-0.2, 0) is 19.6 Å². The first-order valence-corrected chi connectivity index (χ1v) is 11.0. The maximum absolute atomic E-state index is 14.7. The van der Waals surface area contributed by atoms with Gasteiger partial charge in [-0.15, -0.1) is 0 Å². The zero-order valence-electron chi connectivity index (χ0n) is 19.5. The topological polar surface area (TPSA) is 70.3 Å². The Bertz CT molecular complexity index is 1480. The van der Waals surface area contributed by atoms with E-state index in [0.717, 1.165) is 12.1 Å². The van der Waals surface area contributed by atoms with E-state index >= 15 is 0 Å². The summed E-state index contributed by atoms with van der Waals surface area (Å²) >= 11 is 0. The van der Waals surface area contributed by atoms with Crippen molar-refractivity contribution in [2.75, 3.05) is 30.4 Å². The van der Waals surface area contributed by atoms with E-state index in [1.807, 2.05) is 31.1 Å². The fourth-order valence-corrected chi connectivity index (χ4v) is 4.61. The van der Waals surface area contributed by atoms with Crippen LogP contribution in [0.4, 0.5) is 33.6 Å². The van der Waals surface area contributed by atoms with Gasteiger partial charge in [0, 0.05) is 45.1 Å². The average Bonchev–Trinajstić information content (AvgIpc) is 3.17. The van der Waals surface area contributed by atoms with Crippen LogP contribution in [0, 0.1) is 11.6 Å². The second kappa shape index (κ2) is 8.32. The third kappa shape index (κ3) is 3.76. The molecule has 0 fully saturated rings. The predicted molar refractivity (Wildman–Crippen MR) is 124 cm³/mol. The molecular formula is C24H21F5N6O. The number of para-hydroxylation sites is 1. The molecule has 2 aromatic carbocycles. The number of hydrogen-bond donors (Lipinski definition) is 1. The van der Waals surface area contributed by atoms with Gasteiger partial charge in [0.1, 0.15) is 5.69 Å². The first-order chi connectivity index (χ1) is 17.0. The summed E-state index contributed by atoms with van der Waals surface area (Å²) in [6.45, 7) is 0.714. The van der Waals surface area contributed by atoms with Gasteiger partial charge in [-0.1, -0.05) is 18.2 Å². The Morgan fingerprint density at radius 2 is 1.83 bits per heavy atom. The molecule has 0 spiro atoms. The molecule has 0 aliphatic carbocycles. The molecule has 4 aromatic rings. The Labute approximate surface area is 202 Å². The van der Waals surface area contributed by atoms with Gasteiger partial charge in [-0.05, 0) is 24.1 Å². The van der Waals surface area contributed by atoms with E-state index in [1.165, 1.54) is 23.5 Å². The van der Waals surface area contributed by atoms with Crippen molar-refractivity contribution in [2.24, 2.45) is 7.05 Å². The van der Waals surface area contributed by atoms with Gasteiger partial charge >= 0.3 is 6.18 Å². The molecule has 1 aliphatic heterocycles. The van der Waals surface area contributed by atoms with Gasteiger partial charge in [0.15, 0.2) is 23.0 Å². The van der Waals surface area contributed by atoms with Gasteiger partial charge in [0.2, 0.25) is 5.95 Å². The van der Waals surface area contributed by atoms with Gasteiger partial charge < -0.3 is 14.9 Å². The maximum atomic E-state index is 14.7. The number of fused-ring (bicyclic) bond motifs is 2. The summed E-state index contributed by atoms with van der Waals surface area (Å²) in [4.78, 5) is 12.9. The van der Waals surface area contributed by atoms with Gasteiger partial charge in [0.05, 0.1) is 17.0 Å². The lowest BCUT2D eigenvalue weighted by atomic mass is 9.97. The Morgan fingerprint density at radius 3 is 2.56 bits per heavy atom. The number of alkyl halides is 3. The number of aromatic nitrogens is 4. The first kappa shape index (κ1) is 23.8. The number of aromatic hydroxyl groups is 1. The summed E-state index contributed by atoms with van der Waals surface area (Å²) in [6, 6.07) is 8.41. The second-order valence-corrected chi connectivity index (χ2v) is 8.80. The van der Waals surface area contributed by atoms with Crippen molar-refractivity contribution in [3.63, 3.8) is 0 Å². The normalized spacial score (nSPS) is 15.9. The number of benzene rings is 2. The van der Waals surface area contributed by atoms with Gasteiger partial charge in [-0.25, -0.2) is 18.4 Å². The second-order valence-electron chi connectivity index (χ2n) is 8.80. The number of halogens is 5. The van der Waals surface area contributed by atoms with Crippen LogP contribution in [0.1, 0.15) is 11.1 Å². The number of nitrogens with zero attached hydrogens (tertiary/aromatic N) is 6. The molecule has 1 unspecified atom stereocenters. The molecule has 12 heteroatoms. The molecule has 0 amide bonds. The first-order valence-electron chi connectivity index (χ1n) is 11.0. The number of aryl methyl sites for hydroxylation is 1. The van der Waals surface area contributed by atoms with Gasteiger partial charge in [-0.2, -0.15) is 23.3 Å². The van der Waals surface area contributed by atoms with E-state index < -0.39 is 34.7 Å². The van der Waals surface area contributed by atoms with E-state index in [0.29, 0.717) is 18.6 Å². The van der Waals surface area contributed by atoms with E-state index in [9.17, 15) is 27.1 Å². The van der Waals surface area contributed by atoms with Crippen LogP contribution < -0.4 is 9.80 Å². The molecule has 0 bridgehead atoms. The Morgan fingerprint density at radius 1 is 1.11 bits per heavy atom. The minimum Gasteiger partial charge on any atom is -0.503 e. The number of phenols is 1. The lowest BCUT2D eigenvalue weighted by Crippen LogP contribution is -2.46. The summed E-state index contributed by atoms with van der Waals surface area (Å²) in [7, 11) is 5.34. The largest absolute Gasteiger partial charge is 0.503 e. The van der Waals surface area contributed by atoms with Crippen LogP contribution in [0.2, 0.25) is 0 Å². The summed E-state index contributed by atoms with van der Waals surface area (Å²) in [5.74, 6) is -5.00. The molecule has 36 heavy (non-hydrogen) atoms. The minimum atomic E-state index is -5.15. The molecule has 5 rings (SSSR count). The van der Waals surface area contributed by atoms with Crippen LogP contribution >= 0.6 is 0 Å². The van der Waals surface area contributed by atoms with Crippen molar-refractivity contribution in [1.29, 1.82) is 0 Å². The van der Waals surface area contributed by atoms with E-state index in [1.54, 1.807) is 0 Å². The van der Waals surface area contributed by atoms with E-state index in [-0.39, 0.29) is 22.8 Å². The highest BCUT2D eigenvalue weighted by atomic mass is 19.4. The minimum absolute atomic E-state index is 0.0379. The molecule has 0 saturated heterocycles. The van der Waals surface area contributed by atoms with E-state index in [4.69, 9.17) is 0 Å².